The molecular formula is C10H9N3O2. The molecule has 0 bridgehead atoms. The molecule has 5 heteroatoms. The number of carbonyl (C=O) groups excluding carboxylic acids is 1. The van der Waals surface area contributed by atoms with E-state index in [4.69, 9.17) is 15.7 Å². The Morgan fingerprint density at radius 2 is 2.40 bits per heavy atom. The zero-order valence-electron chi connectivity index (χ0n) is 7.93. The molecule has 1 heterocycles. The molecule has 0 atom stereocenters. The van der Waals surface area contributed by atoms with E-state index in [9.17, 15) is 4.79 Å². The number of rotatable bonds is 3. The van der Waals surface area contributed by atoms with Crippen LogP contribution in [0.3, 0.4) is 0 Å². The zero-order valence-corrected chi connectivity index (χ0v) is 7.93. The molecule has 0 aromatic carbocycles. The number of nitrogens with two attached hydrogens (primary N) is 1. The summed E-state index contributed by atoms with van der Waals surface area (Å²) in [5.74, 6) is -0.232. The molecule has 1 amide bonds. The van der Waals surface area contributed by atoms with Gasteiger partial charge in [0.15, 0.2) is 11.4 Å². The summed E-state index contributed by atoms with van der Waals surface area (Å²) in [4.78, 5) is 14.7. The van der Waals surface area contributed by atoms with Crippen LogP contribution in [0.5, 0.6) is 5.75 Å². The minimum Gasteiger partial charge on any atom is -0.487 e. The van der Waals surface area contributed by atoms with Gasteiger partial charge >= 0.3 is 0 Å². The summed E-state index contributed by atoms with van der Waals surface area (Å²) >= 11 is 0. The van der Waals surface area contributed by atoms with Gasteiger partial charge in [-0.3, -0.25) is 4.79 Å². The van der Waals surface area contributed by atoms with Gasteiger partial charge in [0.1, 0.15) is 6.07 Å². The number of hydrogen-bond donors (Lipinski definition) is 1. The zero-order chi connectivity index (χ0) is 10.8. The van der Waals surface area contributed by atoms with Gasteiger partial charge in [0.05, 0.1) is 11.7 Å². The van der Waals surface area contributed by atoms with E-state index in [0.717, 1.165) is 12.8 Å². The summed E-state index contributed by atoms with van der Waals surface area (Å²) in [6.45, 7) is 0. The van der Waals surface area contributed by atoms with E-state index in [2.05, 4.69) is 4.98 Å². The third-order valence-electron chi connectivity index (χ3n) is 2.06. The molecule has 2 N–H and O–H groups in total. The van der Waals surface area contributed by atoms with Gasteiger partial charge in [0.2, 0.25) is 5.91 Å². The predicted molar refractivity (Wildman–Crippen MR) is 51.1 cm³/mol. The average molecular weight is 203 g/mol. The normalized spacial score (nSPS) is 14.3. The number of nitriles is 1. The number of hydrogen-bond acceptors (Lipinski definition) is 4. The Bertz CT molecular complexity index is 446. The van der Waals surface area contributed by atoms with Crippen molar-refractivity contribution in [3.63, 3.8) is 0 Å². The second-order valence-electron chi connectivity index (χ2n) is 3.36. The van der Waals surface area contributed by atoms with Crippen LogP contribution >= 0.6 is 0 Å². The Kier molecular flexibility index (Phi) is 2.26. The lowest BCUT2D eigenvalue weighted by Crippen LogP contribution is -2.12. The summed E-state index contributed by atoms with van der Waals surface area (Å²) in [6.07, 6.45) is 3.39. The van der Waals surface area contributed by atoms with Crippen molar-refractivity contribution in [2.45, 2.75) is 18.9 Å². The molecule has 0 spiro atoms. The number of aromatic nitrogens is 1. The Balaban J connectivity index is 2.33. The van der Waals surface area contributed by atoms with E-state index >= 15 is 0 Å². The highest BCUT2D eigenvalue weighted by Gasteiger charge is 2.25. The van der Waals surface area contributed by atoms with Crippen LogP contribution in [0.1, 0.15) is 28.9 Å². The van der Waals surface area contributed by atoms with E-state index in [1.165, 1.54) is 12.3 Å². The first-order valence-corrected chi connectivity index (χ1v) is 4.57. The minimum atomic E-state index is -0.576. The van der Waals surface area contributed by atoms with E-state index in [1.807, 2.05) is 6.07 Å². The fourth-order valence-corrected chi connectivity index (χ4v) is 1.12. The topological polar surface area (TPSA) is 89.0 Å². The van der Waals surface area contributed by atoms with Crippen molar-refractivity contribution in [2.75, 3.05) is 0 Å². The molecule has 76 valence electrons. The third-order valence-corrected chi connectivity index (χ3v) is 2.06. The van der Waals surface area contributed by atoms with Gasteiger partial charge < -0.3 is 10.5 Å². The Morgan fingerprint density at radius 3 is 2.93 bits per heavy atom. The van der Waals surface area contributed by atoms with Crippen LogP contribution in [-0.4, -0.2) is 17.0 Å². The van der Waals surface area contributed by atoms with Gasteiger partial charge in [-0.15, -0.1) is 0 Å². The average Bonchev–Trinajstić information content (AvgIpc) is 3.01. The smallest absolute Gasteiger partial charge is 0.250 e. The van der Waals surface area contributed by atoms with Crippen LogP contribution in [0, 0.1) is 11.3 Å². The monoisotopic (exact) mass is 203 g/mol. The molecule has 0 aliphatic heterocycles. The van der Waals surface area contributed by atoms with Gasteiger partial charge in [-0.25, -0.2) is 4.98 Å². The molecule has 2 rings (SSSR count). The SMILES string of the molecule is N#Cc1ncc(C(N)=O)cc1OC1CC1. The predicted octanol–water partition coefficient (Wildman–Crippen LogP) is 0.593. The van der Waals surface area contributed by atoms with Crippen molar-refractivity contribution in [2.24, 2.45) is 5.73 Å². The Labute approximate surface area is 86.5 Å². The maximum absolute atomic E-state index is 10.9. The molecule has 15 heavy (non-hydrogen) atoms. The van der Waals surface area contributed by atoms with Gasteiger partial charge in [-0.1, -0.05) is 0 Å². The first-order chi connectivity index (χ1) is 7.20. The van der Waals surface area contributed by atoms with Gasteiger partial charge in [0, 0.05) is 6.20 Å². The second-order valence-corrected chi connectivity index (χ2v) is 3.36. The highest BCUT2D eigenvalue weighted by atomic mass is 16.5. The molecule has 1 aromatic rings. The maximum atomic E-state index is 10.9. The summed E-state index contributed by atoms with van der Waals surface area (Å²) in [5.41, 5.74) is 5.54. The lowest BCUT2D eigenvalue weighted by Gasteiger charge is -2.06. The first kappa shape index (κ1) is 9.46. The fraction of sp³-hybridized carbons (Fsp3) is 0.300. The summed E-state index contributed by atoms with van der Waals surface area (Å²) < 4.78 is 5.45. The molecule has 5 nitrogen and oxygen atoms in total. The van der Waals surface area contributed by atoms with Crippen LogP contribution in [0.15, 0.2) is 12.3 Å². The number of amides is 1. The summed E-state index contributed by atoms with van der Waals surface area (Å²) in [7, 11) is 0. The van der Waals surface area contributed by atoms with Crippen molar-refractivity contribution in [1.82, 2.24) is 4.98 Å². The molecule has 1 saturated carbocycles. The molecular weight excluding hydrogens is 194 g/mol. The standard InChI is InChI=1S/C10H9N3O2/c11-4-8-9(15-7-1-2-7)3-6(5-13-8)10(12)14/h3,5,7H,1-2H2,(H2,12,14). The largest absolute Gasteiger partial charge is 0.487 e. The molecule has 1 aliphatic rings. The molecule has 0 unspecified atom stereocenters. The molecule has 1 aliphatic carbocycles. The van der Waals surface area contributed by atoms with E-state index in [0.29, 0.717) is 5.75 Å². The van der Waals surface area contributed by atoms with Gasteiger partial charge in [-0.05, 0) is 18.9 Å². The third kappa shape index (κ3) is 2.05. The van der Waals surface area contributed by atoms with Crippen LogP contribution < -0.4 is 10.5 Å². The van der Waals surface area contributed by atoms with E-state index in [-0.39, 0.29) is 17.4 Å². The number of ether oxygens (including phenoxy) is 1. The van der Waals surface area contributed by atoms with Gasteiger partial charge in [-0.2, -0.15) is 5.26 Å². The number of carbonyl (C=O) groups is 1. The van der Waals surface area contributed by atoms with Crippen LogP contribution in [0.25, 0.3) is 0 Å². The van der Waals surface area contributed by atoms with Crippen molar-refractivity contribution in [1.29, 1.82) is 5.26 Å². The minimum absolute atomic E-state index is 0.155. The van der Waals surface area contributed by atoms with E-state index in [1.54, 1.807) is 0 Å². The van der Waals surface area contributed by atoms with Crippen molar-refractivity contribution in [3.8, 4) is 11.8 Å². The van der Waals surface area contributed by atoms with Crippen molar-refractivity contribution < 1.29 is 9.53 Å². The lowest BCUT2D eigenvalue weighted by atomic mass is 10.2. The van der Waals surface area contributed by atoms with Crippen LogP contribution in [0.2, 0.25) is 0 Å². The van der Waals surface area contributed by atoms with Gasteiger partial charge in [0.25, 0.3) is 0 Å². The molecule has 1 fully saturated rings. The quantitative estimate of drug-likeness (QED) is 0.778. The van der Waals surface area contributed by atoms with Crippen LogP contribution in [-0.2, 0) is 0 Å². The lowest BCUT2D eigenvalue weighted by molar-refractivity contribution is 0.0999. The molecule has 0 saturated heterocycles. The first-order valence-electron chi connectivity index (χ1n) is 4.57. The Morgan fingerprint density at radius 1 is 1.67 bits per heavy atom. The number of pyridine rings is 1. The highest BCUT2D eigenvalue weighted by molar-refractivity contribution is 5.92. The summed E-state index contributed by atoms with van der Waals surface area (Å²) in [5, 5.41) is 8.77. The highest BCUT2D eigenvalue weighted by Crippen LogP contribution is 2.28. The summed E-state index contributed by atoms with van der Waals surface area (Å²) in [6, 6.07) is 3.37. The van der Waals surface area contributed by atoms with Crippen molar-refractivity contribution in [3.05, 3.63) is 23.5 Å². The van der Waals surface area contributed by atoms with Crippen LogP contribution in [0.4, 0.5) is 0 Å². The second kappa shape index (κ2) is 3.58. The number of primary amides is 1. The maximum Gasteiger partial charge on any atom is 0.250 e. The van der Waals surface area contributed by atoms with E-state index < -0.39 is 5.91 Å². The Hall–Kier alpha value is -2.09. The molecule has 1 aromatic heterocycles. The molecule has 0 radical (unpaired) electrons. The van der Waals surface area contributed by atoms with Crippen molar-refractivity contribution >= 4 is 5.91 Å². The fourth-order valence-electron chi connectivity index (χ4n) is 1.12. The number of nitrogens with zero attached hydrogens (tertiary/aromatic N) is 2.